The maximum Gasteiger partial charge on any atom is 0.514 e. The molecule has 0 saturated carbocycles. The fraction of sp³-hybridized carbons (Fsp3) is 0.341. The van der Waals surface area contributed by atoms with Gasteiger partial charge in [0.2, 0.25) is 35.9 Å². The second kappa shape index (κ2) is 17.5. The molecule has 0 radical (unpaired) electrons. The zero-order chi connectivity index (χ0) is 45.6. The molecule has 4 aliphatic heterocycles. The summed E-state index contributed by atoms with van der Waals surface area (Å²) in [7, 11) is 0. The van der Waals surface area contributed by atoms with Gasteiger partial charge in [-0.2, -0.15) is 0 Å². The number of benzene rings is 2. The molecule has 23 heteroatoms. The minimum absolute atomic E-state index is 0.0403. The van der Waals surface area contributed by atoms with Crippen molar-refractivity contribution in [2.24, 2.45) is 0 Å². The van der Waals surface area contributed by atoms with Crippen molar-refractivity contribution >= 4 is 29.8 Å². The molecule has 336 valence electrons. The topological polar surface area (TPSA) is 215 Å². The third kappa shape index (κ3) is 8.21. The molecule has 4 aromatic rings. The molecule has 4 amide bonds. The Morgan fingerprint density at radius 2 is 1.06 bits per heavy atom. The molecular formula is C41H36F4N6O13. The van der Waals surface area contributed by atoms with Crippen LogP contribution in [-0.2, 0) is 45.1 Å². The lowest BCUT2D eigenvalue weighted by Crippen LogP contribution is -2.49. The molecule has 64 heavy (non-hydrogen) atoms. The van der Waals surface area contributed by atoms with Gasteiger partial charge in [-0.1, -0.05) is 12.1 Å². The number of nitrogens with one attached hydrogen (secondary N) is 2. The molecule has 4 atom stereocenters. The third-order valence-corrected chi connectivity index (χ3v) is 10.8. The summed E-state index contributed by atoms with van der Waals surface area (Å²) < 4.78 is 90.2. The van der Waals surface area contributed by atoms with E-state index < -0.39 is 138 Å². The van der Waals surface area contributed by atoms with Crippen molar-refractivity contribution in [1.29, 1.82) is 0 Å². The summed E-state index contributed by atoms with van der Waals surface area (Å²) in [5.74, 6) is -8.38. The number of carbonyl (C=O) groups excluding carboxylic acids is 5. The summed E-state index contributed by atoms with van der Waals surface area (Å²) in [6, 6.07) is 4.61. The zero-order valence-electron chi connectivity index (χ0n) is 33.7. The Balaban J connectivity index is 0.978. The standard InChI is InChI=1S/C41H36F4N6O13/c1-19-15-59-29-13-48-11-25(37(54)46-9-21-3-5-23(42)7-27(21)44)33(52)35(31(48)39(56)50(19)29)61-17-63-41(58)64-18-62-36-32-40(57)51-20(2)16-60-30(51)14-49(32)12-26(34(36)53)38(55)47-10-22-4-6-24(43)8-28(22)45/h3-8,11-12,19-20,29-30H,9-10,13-18H2,1-2H3,(H,46,54)(H,47,55)/t19-,20-,29+,30+/m0/s1. The lowest BCUT2D eigenvalue weighted by atomic mass is 10.1. The number of halogens is 4. The van der Waals surface area contributed by atoms with Crippen LogP contribution in [0.4, 0.5) is 22.4 Å². The third-order valence-electron chi connectivity index (χ3n) is 10.8. The summed E-state index contributed by atoms with van der Waals surface area (Å²) >= 11 is 0. The van der Waals surface area contributed by atoms with E-state index in [0.717, 1.165) is 36.7 Å². The van der Waals surface area contributed by atoms with Gasteiger partial charge in [0.15, 0.2) is 23.8 Å². The van der Waals surface area contributed by atoms with Gasteiger partial charge in [0, 0.05) is 48.7 Å². The monoisotopic (exact) mass is 896 g/mol. The number of hydrogen-bond donors (Lipinski definition) is 2. The maximum atomic E-state index is 14.3. The average molecular weight is 897 g/mol. The summed E-state index contributed by atoms with van der Waals surface area (Å²) in [6.45, 7) is 0.647. The minimum Gasteiger partial charge on any atom is -0.451 e. The molecule has 2 saturated heterocycles. The van der Waals surface area contributed by atoms with Crippen LogP contribution in [0, 0.1) is 23.3 Å². The quantitative estimate of drug-likeness (QED) is 0.119. The lowest BCUT2D eigenvalue weighted by Gasteiger charge is -2.34. The van der Waals surface area contributed by atoms with Crippen molar-refractivity contribution in [1.82, 2.24) is 29.6 Å². The predicted molar refractivity (Wildman–Crippen MR) is 206 cm³/mol. The summed E-state index contributed by atoms with van der Waals surface area (Å²) in [4.78, 5) is 97.0. The van der Waals surface area contributed by atoms with Crippen molar-refractivity contribution in [3.05, 3.63) is 126 Å². The molecule has 2 fully saturated rings. The molecular weight excluding hydrogens is 860 g/mol. The molecule has 0 bridgehead atoms. The van der Waals surface area contributed by atoms with E-state index in [4.69, 9.17) is 28.4 Å². The predicted octanol–water partition coefficient (Wildman–Crippen LogP) is 2.35. The second-order valence-corrected chi connectivity index (χ2v) is 15.0. The van der Waals surface area contributed by atoms with Crippen LogP contribution in [0.2, 0.25) is 0 Å². The number of amides is 4. The number of fused-ring (bicyclic) bond motifs is 4. The van der Waals surface area contributed by atoms with Gasteiger partial charge in [-0.05, 0) is 26.0 Å². The van der Waals surface area contributed by atoms with E-state index in [-0.39, 0.29) is 48.8 Å². The molecule has 0 spiro atoms. The van der Waals surface area contributed by atoms with Crippen LogP contribution in [0.25, 0.3) is 0 Å². The Hall–Kier alpha value is -7.27. The van der Waals surface area contributed by atoms with Crippen LogP contribution >= 0.6 is 0 Å². The van der Waals surface area contributed by atoms with E-state index in [0.29, 0.717) is 12.1 Å². The highest BCUT2D eigenvalue weighted by Crippen LogP contribution is 2.32. The first-order valence-corrected chi connectivity index (χ1v) is 19.5. The highest BCUT2D eigenvalue weighted by Gasteiger charge is 2.45. The van der Waals surface area contributed by atoms with Gasteiger partial charge in [0.05, 0.1) is 38.4 Å². The van der Waals surface area contributed by atoms with Gasteiger partial charge < -0.3 is 58.0 Å². The van der Waals surface area contributed by atoms with Crippen molar-refractivity contribution in [3.63, 3.8) is 0 Å². The average Bonchev–Trinajstić information content (AvgIpc) is 3.82. The first kappa shape index (κ1) is 43.4. The summed E-state index contributed by atoms with van der Waals surface area (Å²) in [5.41, 5.74) is -4.09. The number of ether oxygens (including phenoxy) is 6. The molecule has 0 unspecified atom stereocenters. The van der Waals surface area contributed by atoms with E-state index in [1.165, 1.54) is 18.9 Å². The normalized spacial score (nSPS) is 19.6. The second-order valence-electron chi connectivity index (χ2n) is 15.0. The summed E-state index contributed by atoms with van der Waals surface area (Å²) in [6.07, 6.45) is -0.826. The molecule has 19 nitrogen and oxygen atoms in total. The van der Waals surface area contributed by atoms with Gasteiger partial charge in [-0.15, -0.1) is 0 Å². The van der Waals surface area contributed by atoms with E-state index in [2.05, 4.69) is 10.6 Å². The van der Waals surface area contributed by atoms with E-state index in [1.54, 1.807) is 13.8 Å². The summed E-state index contributed by atoms with van der Waals surface area (Å²) in [5, 5.41) is 4.75. The molecule has 2 aromatic heterocycles. The van der Waals surface area contributed by atoms with Crippen LogP contribution in [0.1, 0.15) is 66.7 Å². The van der Waals surface area contributed by atoms with Crippen LogP contribution in [-0.4, -0.2) is 100 Å². The van der Waals surface area contributed by atoms with Crippen LogP contribution in [0.5, 0.6) is 11.5 Å². The number of rotatable bonds is 12. The SMILES string of the molecule is C[C@H]1CO[C@@H]2Cn3cc(C(=O)NCc4ccc(F)cc4F)c(=O)c(OCOC(=O)OCOc4c5n(cc(C(=O)NCc6ccc(F)cc6F)c4=O)C[C@H]4OC[C@H](C)N4C5=O)c3C(=O)N12. The maximum absolute atomic E-state index is 14.3. The van der Waals surface area contributed by atoms with Crippen molar-refractivity contribution in [2.75, 3.05) is 26.8 Å². The van der Waals surface area contributed by atoms with Crippen LogP contribution < -0.4 is 31.0 Å². The Morgan fingerprint density at radius 3 is 1.45 bits per heavy atom. The Bertz CT molecular complexity index is 2550. The number of aromatic nitrogens is 2. The molecule has 0 aliphatic carbocycles. The van der Waals surface area contributed by atoms with Crippen molar-refractivity contribution < 1.29 is 70.0 Å². The number of nitrogens with zero attached hydrogens (tertiary/aromatic N) is 4. The Morgan fingerprint density at radius 1 is 0.656 bits per heavy atom. The molecule has 2 N–H and O–H groups in total. The highest BCUT2D eigenvalue weighted by atomic mass is 19.1. The highest BCUT2D eigenvalue weighted by molar-refractivity contribution is 6.00. The molecule has 2 aromatic carbocycles. The van der Waals surface area contributed by atoms with Gasteiger partial charge >= 0.3 is 6.16 Å². The minimum atomic E-state index is -1.51. The number of carbonyl (C=O) groups is 5. The van der Waals surface area contributed by atoms with E-state index in [9.17, 15) is 51.1 Å². The van der Waals surface area contributed by atoms with Crippen molar-refractivity contribution in [2.45, 2.75) is 64.6 Å². The van der Waals surface area contributed by atoms with Gasteiger partial charge in [0.1, 0.15) is 34.4 Å². The van der Waals surface area contributed by atoms with Gasteiger partial charge in [-0.25, -0.2) is 22.4 Å². The fourth-order valence-corrected chi connectivity index (χ4v) is 7.70. The van der Waals surface area contributed by atoms with Crippen LogP contribution in [0.15, 0.2) is 58.4 Å². The van der Waals surface area contributed by atoms with Gasteiger partial charge in [-0.3, -0.25) is 28.8 Å². The van der Waals surface area contributed by atoms with E-state index >= 15 is 0 Å². The van der Waals surface area contributed by atoms with Crippen LogP contribution in [0.3, 0.4) is 0 Å². The molecule has 4 aliphatic rings. The number of pyridine rings is 2. The lowest BCUT2D eigenvalue weighted by molar-refractivity contribution is -0.0279. The van der Waals surface area contributed by atoms with Gasteiger partial charge in [0.25, 0.3) is 23.6 Å². The van der Waals surface area contributed by atoms with E-state index in [1.807, 2.05) is 0 Å². The zero-order valence-corrected chi connectivity index (χ0v) is 33.7. The fourth-order valence-electron chi connectivity index (χ4n) is 7.70. The largest absolute Gasteiger partial charge is 0.514 e. The number of hydrogen-bond acceptors (Lipinski definition) is 13. The molecule has 6 heterocycles. The first-order valence-electron chi connectivity index (χ1n) is 19.5. The first-order chi connectivity index (χ1) is 30.6. The molecule has 8 rings (SSSR count). The Kier molecular flexibility index (Phi) is 11.8. The van der Waals surface area contributed by atoms with Crippen molar-refractivity contribution in [3.8, 4) is 11.5 Å². The Labute approximate surface area is 357 Å². The smallest absolute Gasteiger partial charge is 0.451 e.